The van der Waals surface area contributed by atoms with Crippen LogP contribution in [0.3, 0.4) is 0 Å². The van der Waals surface area contributed by atoms with Crippen molar-refractivity contribution in [1.82, 2.24) is 15.0 Å². The first-order chi connectivity index (χ1) is 9.54. The molecule has 0 saturated carbocycles. The third-order valence-corrected chi connectivity index (χ3v) is 3.91. The number of anilines is 1. The fourth-order valence-corrected chi connectivity index (χ4v) is 2.60. The number of hydrogen-bond acceptors (Lipinski definition) is 5. The van der Waals surface area contributed by atoms with Gasteiger partial charge < -0.3 is 11.2 Å². The van der Waals surface area contributed by atoms with E-state index < -0.39 is 0 Å². The molecule has 0 bridgehead atoms. The van der Waals surface area contributed by atoms with Gasteiger partial charge in [0.15, 0.2) is 0 Å². The Hall–Kier alpha value is -0.516. The van der Waals surface area contributed by atoms with Crippen molar-refractivity contribution in [3.8, 4) is 0 Å². The molecule has 0 aromatic carbocycles. The maximum Gasteiger partial charge on any atom is 0.223 e. The van der Waals surface area contributed by atoms with Gasteiger partial charge >= 0.3 is 0 Å². The Labute approximate surface area is 156 Å². The monoisotopic (exact) mass is 378 g/mol. The van der Waals surface area contributed by atoms with Gasteiger partial charge in [0.25, 0.3) is 0 Å². The Morgan fingerprint density at radius 1 is 1.29 bits per heavy atom. The standard InChI is InChI=1S/C15H21N4S.Y/c1-10(2)14-17-12(4)18-15(19-14)16-11(3)7-8-13-6-5-9-20-13;/h5-6,9,11H,7-8H2,1-4H3,(H,16,17,18,19);/q-1;. The zero-order chi connectivity index (χ0) is 14.5. The number of nitrogens with one attached hydrogen (secondary N) is 1. The van der Waals surface area contributed by atoms with Crippen molar-refractivity contribution in [2.75, 3.05) is 5.32 Å². The number of thiophene rings is 1. The van der Waals surface area contributed by atoms with Crippen LogP contribution in [-0.2, 0) is 39.1 Å². The van der Waals surface area contributed by atoms with Gasteiger partial charge in [-0.2, -0.15) is 18.8 Å². The van der Waals surface area contributed by atoms with Gasteiger partial charge in [-0.15, -0.1) is 11.3 Å². The summed E-state index contributed by atoms with van der Waals surface area (Å²) in [5.41, 5.74) is 0. The molecule has 1 atom stereocenters. The molecule has 1 radical (unpaired) electrons. The molecule has 4 nitrogen and oxygen atoms in total. The molecule has 2 aromatic heterocycles. The predicted molar refractivity (Wildman–Crippen MR) is 84.0 cm³/mol. The molecule has 2 heterocycles. The Morgan fingerprint density at radius 3 is 2.67 bits per heavy atom. The fourth-order valence-electron chi connectivity index (χ4n) is 1.88. The van der Waals surface area contributed by atoms with E-state index in [0.717, 1.165) is 30.4 Å². The first-order valence-corrected chi connectivity index (χ1v) is 7.74. The third-order valence-electron chi connectivity index (χ3n) is 2.97. The van der Waals surface area contributed by atoms with Crippen LogP contribution < -0.4 is 5.32 Å². The molecular weight excluding hydrogens is 357 g/mol. The summed E-state index contributed by atoms with van der Waals surface area (Å²) < 4.78 is 0. The van der Waals surface area contributed by atoms with Gasteiger partial charge in [-0.1, -0.05) is 6.07 Å². The zero-order valence-corrected chi connectivity index (χ0v) is 16.7. The van der Waals surface area contributed by atoms with Crippen LogP contribution in [0.2, 0.25) is 0 Å². The molecular formula is C15H21N4SY-. The van der Waals surface area contributed by atoms with Crippen molar-refractivity contribution >= 4 is 17.3 Å². The summed E-state index contributed by atoms with van der Waals surface area (Å²) in [5.74, 6) is 3.30. The van der Waals surface area contributed by atoms with Gasteiger partial charge in [-0.05, 0) is 38.1 Å². The van der Waals surface area contributed by atoms with E-state index in [1.165, 1.54) is 4.88 Å². The predicted octanol–water partition coefficient (Wildman–Crippen LogP) is 3.63. The summed E-state index contributed by atoms with van der Waals surface area (Å²) in [6, 6.07) is 4.61. The molecule has 1 N–H and O–H groups in total. The Kier molecular flexibility index (Phi) is 7.78. The zero-order valence-electron chi connectivity index (χ0n) is 13.1. The van der Waals surface area contributed by atoms with Crippen LogP contribution in [0.25, 0.3) is 0 Å². The Bertz CT molecular complexity index is 543. The van der Waals surface area contributed by atoms with Crippen LogP contribution >= 0.6 is 11.3 Å². The second-order valence-corrected chi connectivity index (χ2v) is 6.23. The van der Waals surface area contributed by atoms with E-state index in [1.807, 2.05) is 32.1 Å². The van der Waals surface area contributed by atoms with Crippen molar-refractivity contribution in [2.45, 2.75) is 46.6 Å². The molecule has 2 rings (SSSR count). The second kappa shape index (κ2) is 8.81. The Morgan fingerprint density at radius 2 is 2.05 bits per heavy atom. The topological polar surface area (TPSA) is 50.7 Å². The van der Waals surface area contributed by atoms with E-state index in [4.69, 9.17) is 0 Å². The maximum atomic E-state index is 4.45. The summed E-state index contributed by atoms with van der Waals surface area (Å²) in [6.45, 7) is 8.09. The normalized spacial score (nSPS) is 11.6. The quantitative estimate of drug-likeness (QED) is 0.780. The van der Waals surface area contributed by atoms with Gasteiger partial charge in [-0.25, -0.2) is 4.98 Å². The van der Waals surface area contributed by atoms with E-state index in [9.17, 15) is 0 Å². The van der Waals surface area contributed by atoms with E-state index >= 15 is 0 Å². The van der Waals surface area contributed by atoms with Crippen LogP contribution in [-0.4, -0.2) is 21.0 Å². The molecule has 111 valence electrons. The van der Waals surface area contributed by atoms with Gasteiger partial charge in [0.1, 0.15) is 5.82 Å². The van der Waals surface area contributed by atoms with Crippen LogP contribution in [0, 0.1) is 12.8 Å². The Balaban J connectivity index is 0.00000220. The van der Waals surface area contributed by atoms with Crippen LogP contribution in [0.5, 0.6) is 0 Å². The smallest absolute Gasteiger partial charge is 0.223 e. The number of aryl methyl sites for hydroxylation is 2. The van der Waals surface area contributed by atoms with Gasteiger partial charge in [0.2, 0.25) is 5.95 Å². The molecule has 0 amide bonds. The molecule has 0 aliphatic carbocycles. The molecule has 0 aliphatic rings. The van der Waals surface area contributed by atoms with Crippen molar-refractivity contribution in [2.24, 2.45) is 0 Å². The first-order valence-electron chi connectivity index (χ1n) is 6.86. The SMILES string of the molecule is Cc1nc(NC(C)CCc2cccs2)nc([C-](C)C)n1.[Y]. The number of rotatable bonds is 6. The van der Waals surface area contributed by atoms with Crippen molar-refractivity contribution in [3.05, 3.63) is 40.0 Å². The van der Waals surface area contributed by atoms with Gasteiger partial charge in [0, 0.05) is 49.5 Å². The minimum atomic E-state index is 0. The molecule has 0 aliphatic heterocycles. The summed E-state index contributed by atoms with van der Waals surface area (Å²) in [7, 11) is 0. The first kappa shape index (κ1) is 18.5. The summed E-state index contributed by atoms with van der Waals surface area (Å²) in [6.07, 6.45) is 2.15. The van der Waals surface area contributed by atoms with Crippen molar-refractivity contribution in [1.29, 1.82) is 0 Å². The van der Waals surface area contributed by atoms with Gasteiger partial charge in [0.05, 0.1) is 0 Å². The van der Waals surface area contributed by atoms with Gasteiger partial charge in [-0.3, -0.25) is 4.98 Å². The van der Waals surface area contributed by atoms with Crippen LogP contribution in [0.15, 0.2) is 17.5 Å². The molecule has 0 fully saturated rings. The average molecular weight is 378 g/mol. The van der Waals surface area contributed by atoms with E-state index in [0.29, 0.717) is 12.0 Å². The molecule has 6 heteroatoms. The summed E-state index contributed by atoms with van der Waals surface area (Å²) in [4.78, 5) is 14.6. The maximum absolute atomic E-state index is 4.45. The molecule has 0 saturated heterocycles. The number of aromatic nitrogens is 3. The molecule has 2 aromatic rings. The van der Waals surface area contributed by atoms with Crippen LogP contribution in [0.1, 0.15) is 43.7 Å². The average Bonchev–Trinajstić information content (AvgIpc) is 2.88. The van der Waals surface area contributed by atoms with E-state index in [2.05, 4.69) is 44.7 Å². The fraction of sp³-hybridized carbons (Fsp3) is 0.467. The minimum absolute atomic E-state index is 0. The summed E-state index contributed by atoms with van der Waals surface area (Å²) >= 11 is 1.81. The summed E-state index contributed by atoms with van der Waals surface area (Å²) in [5, 5.41) is 5.49. The van der Waals surface area contributed by atoms with Crippen LogP contribution in [0.4, 0.5) is 5.95 Å². The third kappa shape index (κ3) is 6.01. The molecule has 1 unspecified atom stereocenters. The number of hydrogen-bond donors (Lipinski definition) is 1. The van der Waals surface area contributed by atoms with Crippen molar-refractivity contribution < 1.29 is 32.7 Å². The minimum Gasteiger partial charge on any atom is -0.352 e. The largest absolute Gasteiger partial charge is 0.352 e. The number of nitrogens with zero attached hydrogens (tertiary/aromatic N) is 3. The second-order valence-electron chi connectivity index (χ2n) is 5.19. The molecule has 0 spiro atoms. The van der Waals surface area contributed by atoms with E-state index in [-0.39, 0.29) is 32.7 Å². The van der Waals surface area contributed by atoms with Crippen molar-refractivity contribution in [3.63, 3.8) is 0 Å². The van der Waals surface area contributed by atoms with E-state index in [1.54, 1.807) is 0 Å². The molecule has 21 heavy (non-hydrogen) atoms.